The van der Waals surface area contributed by atoms with Crippen molar-refractivity contribution >= 4 is 5.69 Å². The summed E-state index contributed by atoms with van der Waals surface area (Å²) >= 11 is 0. The van der Waals surface area contributed by atoms with Crippen LogP contribution in [0, 0.1) is 0 Å². The number of hydrogen-bond acceptors (Lipinski definition) is 2. The molecule has 1 radical (unpaired) electrons. The summed E-state index contributed by atoms with van der Waals surface area (Å²) in [5.74, 6) is 0. The van der Waals surface area contributed by atoms with E-state index in [0.717, 1.165) is 24.3 Å². The molecule has 2 aromatic rings. The highest BCUT2D eigenvalue weighted by molar-refractivity contribution is 5.34. The third-order valence-corrected chi connectivity index (χ3v) is 1.89. The minimum Gasteiger partial charge on any atom is -0.285 e. The van der Waals surface area contributed by atoms with Crippen molar-refractivity contribution in [3.8, 4) is 0 Å². The lowest BCUT2D eigenvalue weighted by atomic mass is 10.3. The molecule has 0 amide bonds. The standard InChI is InChI=1S/C10H11N4/c1-2-4-9(5-3-1)11-7-6-10-8-12-14-13-10/h1-5,8H,6-7H2,(H,12,13,14). The van der Waals surface area contributed by atoms with Crippen molar-refractivity contribution in [1.29, 1.82) is 0 Å². The average Bonchev–Trinajstić information content (AvgIpc) is 2.72. The monoisotopic (exact) mass is 187 g/mol. The van der Waals surface area contributed by atoms with Crippen LogP contribution in [0.15, 0.2) is 36.5 Å². The molecule has 1 aromatic carbocycles. The first kappa shape index (κ1) is 8.74. The van der Waals surface area contributed by atoms with Gasteiger partial charge in [0.25, 0.3) is 0 Å². The van der Waals surface area contributed by atoms with Crippen LogP contribution in [0.2, 0.25) is 0 Å². The van der Waals surface area contributed by atoms with E-state index < -0.39 is 0 Å². The Morgan fingerprint density at radius 2 is 2.07 bits per heavy atom. The molecule has 1 N–H and O–H groups in total. The topological polar surface area (TPSA) is 55.7 Å². The molecule has 0 unspecified atom stereocenters. The summed E-state index contributed by atoms with van der Waals surface area (Å²) in [5, 5.41) is 14.6. The van der Waals surface area contributed by atoms with Gasteiger partial charge in [-0.05, 0) is 12.1 Å². The highest BCUT2D eigenvalue weighted by Crippen LogP contribution is 2.04. The van der Waals surface area contributed by atoms with Crippen LogP contribution in [0.5, 0.6) is 0 Å². The van der Waals surface area contributed by atoms with Gasteiger partial charge in [-0.15, -0.1) is 5.10 Å². The second kappa shape index (κ2) is 4.41. The van der Waals surface area contributed by atoms with Crippen molar-refractivity contribution in [2.45, 2.75) is 6.42 Å². The van der Waals surface area contributed by atoms with Gasteiger partial charge in [-0.1, -0.05) is 23.4 Å². The number of rotatable bonds is 4. The van der Waals surface area contributed by atoms with Gasteiger partial charge < -0.3 is 0 Å². The summed E-state index contributed by atoms with van der Waals surface area (Å²) in [6, 6.07) is 9.92. The SMILES string of the molecule is c1ccc([N]CCc2c[nH]nn2)cc1. The molecule has 71 valence electrons. The quantitative estimate of drug-likeness (QED) is 0.784. The Labute approximate surface area is 82.4 Å². The number of aromatic nitrogens is 3. The highest BCUT2D eigenvalue weighted by atomic mass is 15.3. The molecule has 0 spiro atoms. The first-order valence-electron chi connectivity index (χ1n) is 4.53. The molecule has 1 heterocycles. The first-order chi connectivity index (χ1) is 6.95. The third-order valence-electron chi connectivity index (χ3n) is 1.89. The lowest BCUT2D eigenvalue weighted by molar-refractivity contribution is 0.799. The number of benzene rings is 1. The molecule has 0 fully saturated rings. The number of para-hydroxylation sites is 1. The molecular weight excluding hydrogens is 176 g/mol. The number of nitrogens with one attached hydrogen (secondary N) is 1. The first-order valence-corrected chi connectivity index (χ1v) is 4.53. The lowest BCUT2D eigenvalue weighted by Crippen LogP contribution is -2.03. The van der Waals surface area contributed by atoms with E-state index >= 15 is 0 Å². The summed E-state index contributed by atoms with van der Waals surface area (Å²) in [7, 11) is 0. The molecule has 4 nitrogen and oxygen atoms in total. The molecule has 1 aromatic heterocycles. The minimum atomic E-state index is 0.747. The van der Waals surface area contributed by atoms with Crippen molar-refractivity contribution in [3.63, 3.8) is 0 Å². The Hall–Kier alpha value is -1.84. The summed E-state index contributed by atoms with van der Waals surface area (Å²) < 4.78 is 0. The maximum Gasteiger partial charge on any atom is 0.0842 e. The summed E-state index contributed by atoms with van der Waals surface area (Å²) in [6.45, 7) is 0.747. The van der Waals surface area contributed by atoms with E-state index in [1.165, 1.54) is 0 Å². The molecule has 0 atom stereocenters. The van der Waals surface area contributed by atoms with E-state index in [2.05, 4.69) is 20.7 Å². The van der Waals surface area contributed by atoms with Gasteiger partial charge in [-0.3, -0.25) is 10.4 Å². The van der Waals surface area contributed by atoms with Crippen LogP contribution in [0.4, 0.5) is 5.69 Å². The maximum absolute atomic E-state index is 4.40. The van der Waals surface area contributed by atoms with Crippen molar-refractivity contribution < 1.29 is 0 Å². The fourth-order valence-corrected chi connectivity index (χ4v) is 1.18. The summed E-state index contributed by atoms with van der Waals surface area (Å²) in [6.07, 6.45) is 2.62. The molecule has 0 saturated heterocycles. The van der Waals surface area contributed by atoms with E-state index in [0.29, 0.717) is 0 Å². The van der Waals surface area contributed by atoms with Gasteiger partial charge in [0.1, 0.15) is 0 Å². The molecule has 0 aliphatic heterocycles. The van der Waals surface area contributed by atoms with E-state index in [-0.39, 0.29) is 0 Å². The van der Waals surface area contributed by atoms with Crippen LogP contribution in [0.1, 0.15) is 5.69 Å². The summed E-state index contributed by atoms with van der Waals surface area (Å²) in [4.78, 5) is 0. The predicted molar refractivity (Wildman–Crippen MR) is 53.2 cm³/mol. The van der Waals surface area contributed by atoms with Gasteiger partial charge in [-0.2, -0.15) is 0 Å². The van der Waals surface area contributed by atoms with Gasteiger partial charge in [-0.25, -0.2) is 0 Å². The van der Waals surface area contributed by atoms with Gasteiger partial charge >= 0.3 is 0 Å². The normalized spacial score (nSPS) is 10.0. The molecule has 2 rings (SSSR count). The fraction of sp³-hybridized carbons (Fsp3) is 0.200. The predicted octanol–water partition coefficient (Wildman–Crippen LogP) is 1.28. The van der Waals surface area contributed by atoms with E-state index in [4.69, 9.17) is 0 Å². The van der Waals surface area contributed by atoms with Gasteiger partial charge in [0.2, 0.25) is 0 Å². The fourth-order valence-electron chi connectivity index (χ4n) is 1.18. The van der Waals surface area contributed by atoms with Crippen LogP contribution in [0.3, 0.4) is 0 Å². The molecule has 14 heavy (non-hydrogen) atoms. The molecule has 0 aliphatic rings. The van der Waals surface area contributed by atoms with Gasteiger partial charge in [0.05, 0.1) is 11.4 Å². The van der Waals surface area contributed by atoms with Crippen LogP contribution in [-0.2, 0) is 6.42 Å². The van der Waals surface area contributed by atoms with Crippen LogP contribution in [0.25, 0.3) is 0 Å². The molecule has 0 aliphatic carbocycles. The Bertz CT molecular complexity index is 355. The zero-order valence-electron chi connectivity index (χ0n) is 7.72. The Balaban J connectivity index is 1.79. The van der Waals surface area contributed by atoms with Crippen LogP contribution < -0.4 is 5.32 Å². The maximum atomic E-state index is 4.40. The van der Waals surface area contributed by atoms with Crippen LogP contribution >= 0.6 is 0 Å². The summed E-state index contributed by atoms with van der Waals surface area (Å²) in [5.41, 5.74) is 1.96. The largest absolute Gasteiger partial charge is 0.285 e. The van der Waals surface area contributed by atoms with E-state index in [9.17, 15) is 0 Å². The zero-order chi connectivity index (χ0) is 9.64. The molecule has 0 bridgehead atoms. The lowest BCUT2D eigenvalue weighted by Gasteiger charge is -1.99. The molecule has 4 heteroatoms. The van der Waals surface area contributed by atoms with Gasteiger partial charge in [0.15, 0.2) is 0 Å². The van der Waals surface area contributed by atoms with Crippen molar-refractivity contribution in [2.24, 2.45) is 0 Å². The third kappa shape index (κ3) is 2.32. The zero-order valence-corrected chi connectivity index (χ0v) is 7.72. The van der Waals surface area contributed by atoms with Crippen LogP contribution in [-0.4, -0.2) is 22.0 Å². The minimum absolute atomic E-state index is 0.747. The van der Waals surface area contributed by atoms with Crippen molar-refractivity contribution in [2.75, 3.05) is 6.54 Å². The van der Waals surface area contributed by atoms with E-state index in [1.54, 1.807) is 6.20 Å². The Morgan fingerprint density at radius 3 is 2.79 bits per heavy atom. The highest BCUT2D eigenvalue weighted by Gasteiger charge is 1.96. The second-order valence-corrected chi connectivity index (χ2v) is 2.93. The van der Waals surface area contributed by atoms with E-state index in [1.807, 2.05) is 30.3 Å². The second-order valence-electron chi connectivity index (χ2n) is 2.93. The average molecular weight is 187 g/mol. The molecule has 0 saturated carbocycles. The Morgan fingerprint density at radius 1 is 1.21 bits per heavy atom. The van der Waals surface area contributed by atoms with Crippen molar-refractivity contribution in [3.05, 3.63) is 42.2 Å². The Kier molecular flexibility index (Phi) is 2.76. The van der Waals surface area contributed by atoms with Crippen molar-refractivity contribution in [1.82, 2.24) is 20.7 Å². The number of aromatic amines is 1. The number of hydrogen-bond donors (Lipinski definition) is 1. The van der Waals surface area contributed by atoms with Gasteiger partial charge in [0, 0.05) is 19.2 Å². The smallest absolute Gasteiger partial charge is 0.0842 e. The molecular formula is C10H11N4. The number of nitrogens with zero attached hydrogens (tertiary/aromatic N) is 3. The number of H-pyrrole nitrogens is 1.